The molecule has 0 atom stereocenters. The van der Waals surface area contributed by atoms with Gasteiger partial charge in [-0.2, -0.15) is 5.10 Å². The highest BCUT2D eigenvalue weighted by Crippen LogP contribution is 2.17. The highest BCUT2D eigenvalue weighted by atomic mass is 32.1. The molecule has 15 heavy (non-hydrogen) atoms. The summed E-state index contributed by atoms with van der Waals surface area (Å²) in [5.41, 5.74) is 5.57. The molecule has 0 radical (unpaired) electrons. The van der Waals surface area contributed by atoms with E-state index < -0.39 is 0 Å². The van der Waals surface area contributed by atoms with Gasteiger partial charge in [-0.15, -0.1) is 11.3 Å². The minimum absolute atomic E-state index is 0.603. The molecule has 0 unspecified atom stereocenters. The lowest BCUT2D eigenvalue weighted by Crippen LogP contribution is -2.05. The zero-order valence-electron chi connectivity index (χ0n) is 8.55. The summed E-state index contributed by atoms with van der Waals surface area (Å²) in [4.78, 5) is 9.36. The van der Waals surface area contributed by atoms with E-state index >= 15 is 0 Å². The Balaban J connectivity index is 2.13. The lowest BCUT2D eigenvalue weighted by atomic mass is 10.3. The Bertz CT molecular complexity index is 433. The summed E-state index contributed by atoms with van der Waals surface area (Å²) < 4.78 is 1.93. The first-order valence-corrected chi connectivity index (χ1v) is 5.68. The van der Waals surface area contributed by atoms with Gasteiger partial charge in [-0.3, -0.25) is 0 Å². The Labute approximate surface area is 92.0 Å². The van der Waals surface area contributed by atoms with Crippen LogP contribution in [0, 0.1) is 0 Å². The molecule has 0 fully saturated rings. The fourth-order valence-electron chi connectivity index (χ4n) is 1.38. The third-order valence-corrected chi connectivity index (χ3v) is 2.86. The van der Waals surface area contributed by atoms with Gasteiger partial charge in [-0.1, -0.05) is 6.92 Å². The summed E-state index contributed by atoms with van der Waals surface area (Å²) in [5, 5.41) is 4.77. The van der Waals surface area contributed by atoms with Crippen molar-refractivity contribution in [2.45, 2.75) is 26.3 Å². The molecule has 0 saturated heterocycles. The minimum Gasteiger partial charge on any atom is -0.375 e. The maximum atomic E-state index is 5.57. The molecule has 2 aromatic heterocycles. The van der Waals surface area contributed by atoms with E-state index in [9.17, 15) is 0 Å². The zero-order valence-corrected chi connectivity index (χ0v) is 9.37. The number of nitrogens with zero attached hydrogens (tertiary/aromatic N) is 4. The first-order valence-electron chi connectivity index (χ1n) is 4.86. The zero-order chi connectivity index (χ0) is 10.7. The number of hydrogen-bond acceptors (Lipinski definition) is 5. The molecule has 0 spiro atoms. The van der Waals surface area contributed by atoms with Crippen LogP contribution in [0.3, 0.4) is 0 Å². The molecule has 2 heterocycles. The number of rotatable bonds is 4. The maximum Gasteiger partial charge on any atom is 0.180 e. The predicted octanol–water partition coefficient (Wildman–Crippen LogP) is 1.32. The summed E-state index contributed by atoms with van der Waals surface area (Å²) in [7, 11) is 0. The Kier molecular flexibility index (Phi) is 2.96. The third kappa shape index (κ3) is 2.33. The predicted molar refractivity (Wildman–Crippen MR) is 59.6 cm³/mol. The van der Waals surface area contributed by atoms with Gasteiger partial charge in [0.1, 0.15) is 12.2 Å². The van der Waals surface area contributed by atoms with E-state index in [0.29, 0.717) is 5.13 Å². The van der Waals surface area contributed by atoms with Crippen molar-refractivity contribution < 1.29 is 0 Å². The van der Waals surface area contributed by atoms with Crippen molar-refractivity contribution in [1.29, 1.82) is 0 Å². The van der Waals surface area contributed by atoms with Crippen LogP contribution < -0.4 is 5.73 Å². The van der Waals surface area contributed by atoms with Crippen molar-refractivity contribution in [2.24, 2.45) is 0 Å². The number of aryl methyl sites for hydroxylation is 1. The Hall–Kier alpha value is -1.43. The molecule has 6 heteroatoms. The first-order chi connectivity index (χ1) is 7.29. The molecule has 0 saturated carbocycles. The van der Waals surface area contributed by atoms with Crippen molar-refractivity contribution >= 4 is 16.5 Å². The second kappa shape index (κ2) is 4.39. The Morgan fingerprint density at radius 1 is 1.47 bits per heavy atom. The SMILES string of the molecule is CCCn1ncnc1Cc1cnc(N)s1. The number of nitrogens with two attached hydrogens (primary N) is 1. The third-order valence-electron chi connectivity index (χ3n) is 2.03. The topological polar surface area (TPSA) is 69.6 Å². The molecule has 0 amide bonds. The molecule has 5 nitrogen and oxygen atoms in total. The second-order valence-electron chi connectivity index (χ2n) is 3.24. The summed E-state index contributed by atoms with van der Waals surface area (Å²) in [6, 6.07) is 0. The van der Waals surface area contributed by atoms with Gasteiger partial charge >= 0.3 is 0 Å². The van der Waals surface area contributed by atoms with Crippen LogP contribution in [0.5, 0.6) is 0 Å². The van der Waals surface area contributed by atoms with Crippen LogP contribution in [0.1, 0.15) is 24.0 Å². The normalized spacial score (nSPS) is 10.7. The monoisotopic (exact) mass is 223 g/mol. The quantitative estimate of drug-likeness (QED) is 0.848. The summed E-state index contributed by atoms with van der Waals surface area (Å²) in [5.74, 6) is 0.973. The molecular formula is C9H13N5S. The number of anilines is 1. The van der Waals surface area contributed by atoms with Crippen molar-refractivity contribution in [2.75, 3.05) is 5.73 Å². The van der Waals surface area contributed by atoms with Gasteiger partial charge < -0.3 is 5.73 Å². The number of thiazole rings is 1. The van der Waals surface area contributed by atoms with Crippen molar-refractivity contribution in [3.8, 4) is 0 Å². The number of nitrogen functional groups attached to an aromatic ring is 1. The van der Waals surface area contributed by atoms with E-state index in [1.54, 1.807) is 12.5 Å². The highest BCUT2D eigenvalue weighted by Gasteiger charge is 2.06. The van der Waals surface area contributed by atoms with Crippen LogP contribution >= 0.6 is 11.3 Å². The lowest BCUT2D eigenvalue weighted by molar-refractivity contribution is 0.576. The molecule has 0 aliphatic heterocycles. The van der Waals surface area contributed by atoms with E-state index in [1.807, 2.05) is 4.68 Å². The number of aromatic nitrogens is 4. The molecule has 0 aliphatic carbocycles. The van der Waals surface area contributed by atoms with E-state index in [0.717, 1.165) is 30.1 Å². The van der Waals surface area contributed by atoms with Crippen LogP contribution in [0.15, 0.2) is 12.5 Å². The highest BCUT2D eigenvalue weighted by molar-refractivity contribution is 7.15. The van der Waals surface area contributed by atoms with E-state index in [1.165, 1.54) is 11.3 Å². The lowest BCUT2D eigenvalue weighted by Gasteiger charge is -2.01. The summed E-state index contributed by atoms with van der Waals surface area (Å²) in [6.07, 6.45) is 5.20. The molecule has 80 valence electrons. The van der Waals surface area contributed by atoms with Crippen molar-refractivity contribution in [3.63, 3.8) is 0 Å². The molecule has 2 N–H and O–H groups in total. The first kappa shape index (κ1) is 10.1. The van der Waals surface area contributed by atoms with Gasteiger partial charge in [0.15, 0.2) is 5.13 Å². The molecule has 2 rings (SSSR count). The van der Waals surface area contributed by atoms with Crippen LogP contribution in [-0.2, 0) is 13.0 Å². The van der Waals surface area contributed by atoms with Crippen LogP contribution in [-0.4, -0.2) is 19.7 Å². The molecule has 0 aromatic carbocycles. The van der Waals surface area contributed by atoms with Crippen LogP contribution in [0.4, 0.5) is 5.13 Å². The van der Waals surface area contributed by atoms with E-state index in [4.69, 9.17) is 5.73 Å². The van der Waals surface area contributed by atoms with Gasteiger partial charge in [0.05, 0.1) is 0 Å². The summed E-state index contributed by atoms with van der Waals surface area (Å²) in [6.45, 7) is 3.03. The van der Waals surface area contributed by atoms with Crippen molar-refractivity contribution in [1.82, 2.24) is 19.7 Å². The van der Waals surface area contributed by atoms with Gasteiger partial charge in [0.25, 0.3) is 0 Å². The fraction of sp³-hybridized carbons (Fsp3) is 0.444. The van der Waals surface area contributed by atoms with Gasteiger partial charge in [-0.25, -0.2) is 14.6 Å². The van der Waals surface area contributed by atoms with E-state index in [2.05, 4.69) is 22.0 Å². The second-order valence-corrected chi connectivity index (χ2v) is 4.39. The average Bonchev–Trinajstić information content (AvgIpc) is 2.78. The minimum atomic E-state index is 0.603. The van der Waals surface area contributed by atoms with Crippen molar-refractivity contribution in [3.05, 3.63) is 23.2 Å². The molecule has 2 aromatic rings. The van der Waals surface area contributed by atoms with E-state index in [-0.39, 0.29) is 0 Å². The van der Waals surface area contributed by atoms with Gasteiger partial charge in [0, 0.05) is 24.0 Å². The fourth-order valence-corrected chi connectivity index (χ4v) is 2.06. The average molecular weight is 223 g/mol. The molecular weight excluding hydrogens is 210 g/mol. The Morgan fingerprint density at radius 2 is 2.33 bits per heavy atom. The maximum absolute atomic E-state index is 5.57. The smallest absolute Gasteiger partial charge is 0.180 e. The largest absolute Gasteiger partial charge is 0.375 e. The molecule has 0 aliphatic rings. The number of hydrogen-bond donors (Lipinski definition) is 1. The van der Waals surface area contributed by atoms with Crippen LogP contribution in [0.25, 0.3) is 0 Å². The summed E-state index contributed by atoms with van der Waals surface area (Å²) >= 11 is 1.50. The standard InChI is InChI=1S/C9H13N5S/c1-2-3-14-8(12-6-13-14)4-7-5-11-9(10)15-7/h5-6H,2-4H2,1H3,(H2,10,11). The van der Waals surface area contributed by atoms with Gasteiger partial charge in [0.2, 0.25) is 0 Å². The molecule has 0 bridgehead atoms. The Morgan fingerprint density at radius 3 is 3.00 bits per heavy atom. The van der Waals surface area contributed by atoms with Crippen LogP contribution in [0.2, 0.25) is 0 Å². The van der Waals surface area contributed by atoms with Gasteiger partial charge in [-0.05, 0) is 6.42 Å².